The molecular weight excluding hydrogens is 292 g/mol. The third-order valence-electron chi connectivity index (χ3n) is 3.27. The molecule has 1 aliphatic rings. The maximum absolute atomic E-state index is 12.0. The summed E-state index contributed by atoms with van der Waals surface area (Å²) in [6, 6.07) is 4.34. The molecule has 112 valence electrons. The number of carbonyl (C=O) groups excluding carboxylic acids is 1. The first kappa shape index (κ1) is 13.6. The van der Waals surface area contributed by atoms with Crippen LogP contribution in [0.4, 0.5) is 10.6 Å². The normalized spacial score (nSPS) is 16.4. The van der Waals surface area contributed by atoms with Crippen molar-refractivity contribution in [3.63, 3.8) is 0 Å². The van der Waals surface area contributed by atoms with E-state index in [1.165, 1.54) is 24.3 Å². The van der Waals surface area contributed by atoms with Gasteiger partial charge in [-0.25, -0.2) is 14.4 Å². The molecule has 0 radical (unpaired) electrons. The van der Waals surface area contributed by atoms with E-state index < -0.39 is 29.3 Å². The quantitative estimate of drug-likeness (QED) is 0.529. The summed E-state index contributed by atoms with van der Waals surface area (Å²) in [7, 11) is 0. The van der Waals surface area contributed by atoms with Crippen molar-refractivity contribution in [1.29, 1.82) is 0 Å². The molecule has 2 heterocycles. The highest BCUT2D eigenvalue weighted by atomic mass is 16.4. The van der Waals surface area contributed by atoms with Crippen LogP contribution in [0, 0.1) is 0 Å². The third kappa shape index (κ3) is 2.24. The summed E-state index contributed by atoms with van der Waals surface area (Å²) in [6.45, 7) is 0. The van der Waals surface area contributed by atoms with E-state index in [1.54, 1.807) is 0 Å². The van der Waals surface area contributed by atoms with Crippen LogP contribution in [0.5, 0.6) is 0 Å². The van der Waals surface area contributed by atoms with E-state index in [0.29, 0.717) is 5.56 Å². The van der Waals surface area contributed by atoms with Gasteiger partial charge in [0.2, 0.25) is 0 Å². The minimum absolute atomic E-state index is 0.0183. The lowest BCUT2D eigenvalue weighted by molar-refractivity contribution is 0.0697. The zero-order valence-corrected chi connectivity index (χ0v) is 11.0. The number of hydrogen-bond donors (Lipinski definition) is 5. The predicted molar refractivity (Wildman–Crippen MR) is 75.1 cm³/mol. The van der Waals surface area contributed by atoms with E-state index in [0.717, 1.165) is 0 Å². The minimum Gasteiger partial charge on any atom is -0.478 e. The Hall–Kier alpha value is -3.36. The number of aromatic nitrogens is 2. The maximum Gasteiger partial charge on any atom is 0.335 e. The number of aromatic amines is 2. The molecule has 1 atom stereocenters. The van der Waals surface area contributed by atoms with Crippen molar-refractivity contribution in [3.05, 3.63) is 61.8 Å². The van der Waals surface area contributed by atoms with Gasteiger partial charge >= 0.3 is 17.7 Å². The van der Waals surface area contributed by atoms with Crippen LogP contribution < -0.4 is 21.9 Å². The molecule has 9 nitrogen and oxygen atoms in total. The Balaban J connectivity index is 2.13. The van der Waals surface area contributed by atoms with Gasteiger partial charge in [-0.05, 0) is 17.7 Å². The summed E-state index contributed by atoms with van der Waals surface area (Å²) in [6.07, 6.45) is 0. The van der Waals surface area contributed by atoms with Gasteiger partial charge < -0.3 is 10.4 Å². The predicted octanol–water partition coefficient (Wildman–Crippen LogP) is -0.0141. The second kappa shape index (κ2) is 4.88. The molecule has 9 heteroatoms. The number of aromatic carboxylic acids is 1. The molecule has 0 spiro atoms. The molecule has 2 amide bonds. The Morgan fingerprint density at radius 3 is 2.36 bits per heavy atom. The van der Waals surface area contributed by atoms with Crippen molar-refractivity contribution >= 4 is 17.8 Å². The highest BCUT2D eigenvalue weighted by Crippen LogP contribution is 2.26. The van der Waals surface area contributed by atoms with E-state index in [9.17, 15) is 19.2 Å². The fourth-order valence-electron chi connectivity index (χ4n) is 2.29. The molecule has 5 N–H and O–H groups in total. The SMILES string of the molecule is O=C1Nc2[nH]c(=O)[nH]c(=O)c2C(c2ccc(C(=O)O)cc2)N1. The van der Waals surface area contributed by atoms with E-state index in [-0.39, 0.29) is 16.9 Å². The van der Waals surface area contributed by atoms with E-state index in [4.69, 9.17) is 5.11 Å². The van der Waals surface area contributed by atoms with Crippen molar-refractivity contribution < 1.29 is 14.7 Å². The zero-order valence-electron chi connectivity index (χ0n) is 11.0. The lowest BCUT2D eigenvalue weighted by Crippen LogP contribution is -2.44. The summed E-state index contributed by atoms with van der Waals surface area (Å²) < 4.78 is 0. The smallest absolute Gasteiger partial charge is 0.335 e. The number of carboxylic acid groups (broad SMARTS) is 1. The third-order valence-corrected chi connectivity index (χ3v) is 3.27. The molecule has 0 bridgehead atoms. The molecule has 1 unspecified atom stereocenters. The van der Waals surface area contributed by atoms with Gasteiger partial charge in [0.15, 0.2) is 0 Å². The minimum atomic E-state index is -1.08. The lowest BCUT2D eigenvalue weighted by atomic mass is 9.98. The van der Waals surface area contributed by atoms with Crippen LogP contribution in [-0.2, 0) is 0 Å². The Morgan fingerprint density at radius 2 is 1.73 bits per heavy atom. The van der Waals surface area contributed by atoms with Gasteiger partial charge in [0.25, 0.3) is 5.56 Å². The molecule has 1 aromatic heterocycles. The summed E-state index contributed by atoms with van der Waals surface area (Å²) in [5.41, 5.74) is -0.634. The number of fused-ring (bicyclic) bond motifs is 1. The number of carbonyl (C=O) groups is 2. The van der Waals surface area contributed by atoms with Crippen molar-refractivity contribution in [2.75, 3.05) is 5.32 Å². The number of nitrogens with one attached hydrogen (secondary N) is 4. The monoisotopic (exact) mass is 302 g/mol. The van der Waals surface area contributed by atoms with Gasteiger partial charge in [0, 0.05) is 0 Å². The molecule has 2 aromatic rings. The van der Waals surface area contributed by atoms with Crippen molar-refractivity contribution in [2.45, 2.75) is 6.04 Å². The molecule has 1 aromatic carbocycles. The van der Waals surface area contributed by atoms with E-state index in [2.05, 4.69) is 20.6 Å². The number of anilines is 1. The zero-order chi connectivity index (χ0) is 15.9. The van der Waals surface area contributed by atoms with Gasteiger partial charge in [-0.3, -0.25) is 20.1 Å². The van der Waals surface area contributed by atoms with Gasteiger partial charge in [-0.15, -0.1) is 0 Å². The fraction of sp³-hybridized carbons (Fsp3) is 0.0769. The largest absolute Gasteiger partial charge is 0.478 e. The molecule has 0 fully saturated rings. The molecule has 3 rings (SSSR count). The first-order valence-electron chi connectivity index (χ1n) is 6.23. The number of benzene rings is 1. The second-order valence-electron chi connectivity index (χ2n) is 4.66. The van der Waals surface area contributed by atoms with Gasteiger partial charge in [0.1, 0.15) is 5.82 Å². The average molecular weight is 302 g/mol. The Morgan fingerprint density at radius 1 is 1.05 bits per heavy atom. The van der Waals surface area contributed by atoms with Crippen LogP contribution in [0.25, 0.3) is 0 Å². The number of hydrogen-bond acceptors (Lipinski definition) is 4. The van der Waals surface area contributed by atoms with Crippen LogP contribution in [-0.4, -0.2) is 27.1 Å². The first-order chi connectivity index (χ1) is 10.5. The second-order valence-corrected chi connectivity index (χ2v) is 4.66. The average Bonchev–Trinajstić information content (AvgIpc) is 2.45. The van der Waals surface area contributed by atoms with Crippen LogP contribution >= 0.6 is 0 Å². The first-order valence-corrected chi connectivity index (χ1v) is 6.23. The van der Waals surface area contributed by atoms with Crippen LogP contribution in [0.15, 0.2) is 33.9 Å². The number of rotatable bonds is 2. The number of H-pyrrole nitrogens is 2. The summed E-state index contributed by atoms with van der Waals surface area (Å²) in [5, 5.41) is 13.8. The van der Waals surface area contributed by atoms with Gasteiger partial charge in [0.05, 0.1) is 17.2 Å². The summed E-state index contributed by atoms with van der Waals surface area (Å²) in [5.74, 6) is -1.06. The number of amides is 2. The molecule has 0 aliphatic carbocycles. The van der Waals surface area contributed by atoms with Crippen LogP contribution in [0.2, 0.25) is 0 Å². The maximum atomic E-state index is 12.0. The Kier molecular flexibility index (Phi) is 3.02. The van der Waals surface area contributed by atoms with Crippen molar-refractivity contribution in [2.24, 2.45) is 0 Å². The Bertz CT molecular complexity index is 881. The number of carboxylic acids is 1. The van der Waals surface area contributed by atoms with Crippen molar-refractivity contribution in [1.82, 2.24) is 15.3 Å². The molecular formula is C13H10N4O5. The topological polar surface area (TPSA) is 144 Å². The lowest BCUT2D eigenvalue weighted by Gasteiger charge is -2.26. The summed E-state index contributed by atoms with van der Waals surface area (Å²) >= 11 is 0. The van der Waals surface area contributed by atoms with Gasteiger partial charge in [-0.2, -0.15) is 0 Å². The highest BCUT2D eigenvalue weighted by Gasteiger charge is 2.29. The molecule has 1 aliphatic heterocycles. The summed E-state index contributed by atoms with van der Waals surface area (Å²) in [4.78, 5) is 50.2. The molecule has 22 heavy (non-hydrogen) atoms. The van der Waals surface area contributed by atoms with Crippen LogP contribution in [0.1, 0.15) is 27.5 Å². The van der Waals surface area contributed by atoms with Crippen LogP contribution in [0.3, 0.4) is 0 Å². The van der Waals surface area contributed by atoms with E-state index in [1.807, 2.05) is 0 Å². The molecule has 0 saturated carbocycles. The fourth-order valence-corrected chi connectivity index (χ4v) is 2.29. The van der Waals surface area contributed by atoms with Crippen molar-refractivity contribution in [3.8, 4) is 0 Å². The standard InChI is InChI=1S/C13H10N4O5/c18-10-7-8(5-1-3-6(4-2-5)11(19)20)14-12(21)15-9(7)16-13(22)17-10/h1-4,8H,(H,19,20)(H4,14,15,16,17,18,21,22). The Labute approximate surface area is 122 Å². The molecule has 0 saturated heterocycles. The highest BCUT2D eigenvalue weighted by molar-refractivity contribution is 5.92. The number of urea groups is 1. The van der Waals surface area contributed by atoms with E-state index >= 15 is 0 Å². The van der Waals surface area contributed by atoms with Gasteiger partial charge in [-0.1, -0.05) is 12.1 Å².